The highest BCUT2D eigenvalue weighted by Gasteiger charge is 2.62. The van der Waals surface area contributed by atoms with Crippen molar-refractivity contribution in [3.05, 3.63) is 29.8 Å². The molecule has 2 saturated carbocycles. The molecule has 21 heavy (non-hydrogen) atoms. The molecule has 0 aromatic heterocycles. The molecular weight excluding hydrogens is 258 g/mol. The Balaban J connectivity index is 1.86. The Bertz CT molecular complexity index is 524. The van der Waals surface area contributed by atoms with Crippen molar-refractivity contribution in [2.45, 2.75) is 59.1 Å². The van der Waals surface area contributed by atoms with Crippen molar-refractivity contribution in [2.75, 3.05) is 7.05 Å². The molecule has 0 radical (unpaired) electrons. The van der Waals surface area contributed by atoms with E-state index in [1.165, 1.54) is 24.8 Å². The Morgan fingerprint density at radius 1 is 1.24 bits per heavy atom. The van der Waals surface area contributed by atoms with Crippen LogP contribution in [0.5, 0.6) is 5.75 Å². The Hall–Kier alpha value is -1.02. The Morgan fingerprint density at radius 3 is 2.52 bits per heavy atom. The van der Waals surface area contributed by atoms with Crippen LogP contribution in [0.25, 0.3) is 0 Å². The minimum atomic E-state index is 0.313. The van der Waals surface area contributed by atoms with E-state index in [1.807, 2.05) is 7.05 Å². The van der Waals surface area contributed by atoms with Crippen LogP contribution in [-0.2, 0) is 0 Å². The Morgan fingerprint density at radius 2 is 1.95 bits per heavy atom. The lowest BCUT2D eigenvalue weighted by atomic mass is 9.70. The molecule has 116 valence electrons. The first-order valence-electron chi connectivity index (χ1n) is 8.33. The van der Waals surface area contributed by atoms with Crippen LogP contribution in [0.4, 0.5) is 0 Å². The summed E-state index contributed by atoms with van der Waals surface area (Å²) in [6.45, 7) is 9.51. The largest absolute Gasteiger partial charge is 0.489 e. The van der Waals surface area contributed by atoms with Crippen molar-refractivity contribution in [2.24, 2.45) is 16.7 Å². The van der Waals surface area contributed by atoms with Crippen LogP contribution in [0, 0.1) is 16.7 Å². The lowest BCUT2D eigenvalue weighted by molar-refractivity contribution is 0.0293. The molecule has 2 bridgehead atoms. The fraction of sp³-hybridized carbons (Fsp3) is 0.684. The predicted octanol–water partition coefficient (Wildman–Crippen LogP) is 4.56. The van der Waals surface area contributed by atoms with Crippen LogP contribution in [0.2, 0.25) is 0 Å². The molecule has 2 nitrogen and oxygen atoms in total. The van der Waals surface area contributed by atoms with Gasteiger partial charge in [0, 0.05) is 17.0 Å². The summed E-state index contributed by atoms with van der Waals surface area (Å²) in [5.74, 6) is 1.88. The van der Waals surface area contributed by atoms with E-state index >= 15 is 0 Å². The van der Waals surface area contributed by atoms with E-state index in [9.17, 15) is 0 Å². The maximum atomic E-state index is 6.56. The van der Waals surface area contributed by atoms with Gasteiger partial charge in [-0.15, -0.1) is 0 Å². The molecule has 1 N–H and O–H groups in total. The van der Waals surface area contributed by atoms with Gasteiger partial charge in [-0.25, -0.2) is 0 Å². The molecule has 2 fully saturated rings. The number of benzene rings is 1. The van der Waals surface area contributed by atoms with Crippen LogP contribution in [-0.4, -0.2) is 13.2 Å². The van der Waals surface area contributed by atoms with Crippen LogP contribution in [0.3, 0.4) is 0 Å². The summed E-state index contributed by atoms with van der Waals surface area (Å²) in [6, 6.07) is 8.81. The molecule has 1 aromatic rings. The summed E-state index contributed by atoms with van der Waals surface area (Å²) in [5, 5.41) is 3.33. The summed E-state index contributed by atoms with van der Waals surface area (Å²) in [4.78, 5) is 0. The number of ether oxygens (including phenoxy) is 1. The number of nitrogens with one attached hydrogen (secondary N) is 1. The first-order valence-corrected chi connectivity index (χ1v) is 8.33. The van der Waals surface area contributed by atoms with Gasteiger partial charge < -0.3 is 10.1 Å². The monoisotopic (exact) mass is 287 g/mol. The molecule has 4 atom stereocenters. The summed E-state index contributed by atoms with van der Waals surface area (Å²) in [6.07, 6.45) is 4.25. The molecule has 0 heterocycles. The lowest BCUT2D eigenvalue weighted by Crippen LogP contribution is -2.39. The maximum absolute atomic E-state index is 6.56. The standard InChI is InChI=1S/C19H29NO/c1-13(20-5)15-8-6-7-9-16(15)21-17-12-14-10-11-19(17,4)18(14,2)3/h6-9,13-14,17,20H,10-12H2,1-5H3. The van der Waals surface area contributed by atoms with Crippen molar-refractivity contribution in [1.29, 1.82) is 0 Å². The molecule has 0 saturated heterocycles. The van der Waals surface area contributed by atoms with Gasteiger partial charge in [-0.05, 0) is 50.6 Å². The zero-order chi connectivity index (χ0) is 15.3. The van der Waals surface area contributed by atoms with Gasteiger partial charge in [0.05, 0.1) is 0 Å². The minimum Gasteiger partial charge on any atom is -0.489 e. The molecular formula is C19H29NO. The molecule has 0 amide bonds. The average Bonchev–Trinajstić information content (AvgIpc) is 2.80. The molecule has 2 heteroatoms. The second kappa shape index (κ2) is 5.01. The molecule has 0 spiro atoms. The molecule has 2 aliphatic rings. The van der Waals surface area contributed by atoms with E-state index in [0.717, 1.165) is 11.7 Å². The SMILES string of the molecule is CNC(C)c1ccccc1OC1CC2CCC1(C)C2(C)C. The van der Waals surface area contributed by atoms with Gasteiger partial charge in [0.1, 0.15) is 11.9 Å². The van der Waals surface area contributed by atoms with Crippen LogP contribution >= 0.6 is 0 Å². The summed E-state index contributed by atoms with van der Waals surface area (Å²) < 4.78 is 6.56. The third-order valence-electron chi connectivity index (χ3n) is 6.80. The van der Waals surface area contributed by atoms with Crippen molar-refractivity contribution < 1.29 is 4.74 Å². The van der Waals surface area contributed by atoms with Crippen molar-refractivity contribution in [3.8, 4) is 5.75 Å². The topological polar surface area (TPSA) is 21.3 Å². The van der Waals surface area contributed by atoms with Crippen LogP contribution in [0.1, 0.15) is 58.6 Å². The Kier molecular flexibility index (Phi) is 3.56. The zero-order valence-electron chi connectivity index (χ0n) is 14.1. The van der Waals surface area contributed by atoms with Crippen LogP contribution in [0.15, 0.2) is 24.3 Å². The van der Waals surface area contributed by atoms with Gasteiger partial charge in [0.25, 0.3) is 0 Å². The van der Waals surface area contributed by atoms with Crippen molar-refractivity contribution >= 4 is 0 Å². The van der Waals surface area contributed by atoms with Crippen molar-refractivity contribution in [3.63, 3.8) is 0 Å². The quantitative estimate of drug-likeness (QED) is 0.876. The fourth-order valence-electron chi connectivity index (χ4n) is 4.56. The highest BCUT2D eigenvalue weighted by Crippen LogP contribution is 2.66. The van der Waals surface area contributed by atoms with Gasteiger partial charge in [-0.2, -0.15) is 0 Å². The second-order valence-electron chi connectivity index (χ2n) is 7.77. The smallest absolute Gasteiger partial charge is 0.124 e. The molecule has 0 aliphatic heterocycles. The van der Waals surface area contributed by atoms with Crippen molar-refractivity contribution in [1.82, 2.24) is 5.32 Å². The van der Waals surface area contributed by atoms with E-state index in [1.54, 1.807) is 0 Å². The van der Waals surface area contributed by atoms with E-state index < -0.39 is 0 Å². The fourth-order valence-corrected chi connectivity index (χ4v) is 4.56. The number of para-hydroxylation sites is 1. The molecule has 4 unspecified atom stereocenters. The number of hydrogen-bond acceptors (Lipinski definition) is 2. The zero-order valence-corrected chi connectivity index (χ0v) is 14.1. The number of hydrogen-bond donors (Lipinski definition) is 1. The van der Waals surface area contributed by atoms with Gasteiger partial charge in [-0.3, -0.25) is 0 Å². The Labute approximate surface area is 129 Å². The first kappa shape index (κ1) is 14.9. The third kappa shape index (κ3) is 2.11. The minimum absolute atomic E-state index is 0.313. The second-order valence-corrected chi connectivity index (χ2v) is 7.77. The van der Waals surface area contributed by atoms with Crippen LogP contribution < -0.4 is 10.1 Å². The predicted molar refractivity (Wildman–Crippen MR) is 87.6 cm³/mol. The summed E-state index contributed by atoms with van der Waals surface area (Å²) >= 11 is 0. The molecule has 2 aliphatic carbocycles. The van der Waals surface area contributed by atoms with E-state index in [0.29, 0.717) is 23.0 Å². The summed E-state index contributed by atoms with van der Waals surface area (Å²) in [5.41, 5.74) is 1.98. The van der Waals surface area contributed by atoms with Gasteiger partial charge in [0.15, 0.2) is 0 Å². The van der Waals surface area contributed by atoms with E-state index in [2.05, 4.69) is 57.3 Å². The van der Waals surface area contributed by atoms with Gasteiger partial charge in [0.2, 0.25) is 0 Å². The molecule has 1 aromatic carbocycles. The van der Waals surface area contributed by atoms with Gasteiger partial charge >= 0.3 is 0 Å². The highest BCUT2D eigenvalue weighted by molar-refractivity contribution is 5.36. The van der Waals surface area contributed by atoms with Gasteiger partial charge in [-0.1, -0.05) is 39.0 Å². The maximum Gasteiger partial charge on any atom is 0.124 e. The summed E-state index contributed by atoms with van der Waals surface area (Å²) in [7, 11) is 2.00. The lowest BCUT2D eigenvalue weighted by Gasteiger charge is -2.39. The average molecular weight is 287 g/mol. The number of rotatable bonds is 4. The van der Waals surface area contributed by atoms with E-state index in [-0.39, 0.29) is 0 Å². The normalized spacial score (nSPS) is 34.9. The number of fused-ring (bicyclic) bond motifs is 2. The molecule has 3 rings (SSSR count). The van der Waals surface area contributed by atoms with E-state index in [4.69, 9.17) is 4.74 Å². The highest BCUT2D eigenvalue weighted by atomic mass is 16.5. The first-order chi connectivity index (χ1) is 9.90. The third-order valence-corrected chi connectivity index (χ3v) is 6.80.